The molecule has 0 aromatic heterocycles. The number of fused-ring (bicyclic) bond motifs is 1. The Bertz CT molecular complexity index is 760. The van der Waals surface area contributed by atoms with E-state index < -0.39 is 17.8 Å². The topological polar surface area (TPSA) is 74.7 Å². The molecular formula is C16H11NO4. The third-order valence-electron chi connectivity index (χ3n) is 3.50. The van der Waals surface area contributed by atoms with Crippen LogP contribution in [0.3, 0.4) is 0 Å². The van der Waals surface area contributed by atoms with E-state index in [1.165, 1.54) is 6.07 Å². The molecule has 0 bridgehead atoms. The minimum Gasteiger partial charge on any atom is -0.478 e. The van der Waals surface area contributed by atoms with Gasteiger partial charge in [0.2, 0.25) is 0 Å². The smallest absolute Gasteiger partial charge is 0.338 e. The van der Waals surface area contributed by atoms with Crippen molar-refractivity contribution in [1.29, 1.82) is 0 Å². The highest BCUT2D eigenvalue weighted by Crippen LogP contribution is 2.31. The van der Waals surface area contributed by atoms with Gasteiger partial charge in [-0.25, -0.2) is 9.69 Å². The maximum atomic E-state index is 12.4. The van der Waals surface area contributed by atoms with Gasteiger partial charge in [-0.2, -0.15) is 0 Å². The zero-order valence-electron chi connectivity index (χ0n) is 11.2. The number of hydrogen-bond acceptors (Lipinski definition) is 3. The van der Waals surface area contributed by atoms with Crippen LogP contribution in [0.2, 0.25) is 0 Å². The summed E-state index contributed by atoms with van der Waals surface area (Å²) in [4.78, 5) is 37.2. The van der Waals surface area contributed by atoms with Crippen LogP contribution in [0.4, 0.5) is 5.69 Å². The van der Waals surface area contributed by atoms with Crippen LogP contribution in [-0.4, -0.2) is 22.9 Å². The minimum atomic E-state index is -1.17. The molecule has 1 N–H and O–H groups in total. The van der Waals surface area contributed by atoms with E-state index in [4.69, 9.17) is 0 Å². The van der Waals surface area contributed by atoms with Crippen LogP contribution in [0.25, 0.3) is 0 Å². The summed E-state index contributed by atoms with van der Waals surface area (Å²) in [6.07, 6.45) is 0. The van der Waals surface area contributed by atoms with Crippen molar-refractivity contribution in [1.82, 2.24) is 0 Å². The number of anilines is 1. The van der Waals surface area contributed by atoms with Crippen LogP contribution in [0, 0.1) is 6.92 Å². The van der Waals surface area contributed by atoms with Crippen molar-refractivity contribution >= 4 is 23.5 Å². The summed E-state index contributed by atoms with van der Waals surface area (Å²) < 4.78 is 0. The number of benzene rings is 2. The molecular weight excluding hydrogens is 270 g/mol. The predicted octanol–water partition coefficient (Wildman–Crippen LogP) is 2.49. The van der Waals surface area contributed by atoms with Gasteiger partial charge in [-0.15, -0.1) is 0 Å². The molecule has 1 aliphatic heterocycles. The molecule has 2 aromatic rings. The summed E-state index contributed by atoms with van der Waals surface area (Å²) in [7, 11) is 0. The zero-order chi connectivity index (χ0) is 15.1. The lowest BCUT2D eigenvalue weighted by molar-refractivity contribution is 0.0697. The van der Waals surface area contributed by atoms with Gasteiger partial charge in [0, 0.05) is 0 Å². The predicted molar refractivity (Wildman–Crippen MR) is 75.7 cm³/mol. The molecule has 21 heavy (non-hydrogen) atoms. The molecule has 0 saturated carbocycles. The summed E-state index contributed by atoms with van der Waals surface area (Å²) in [5.74, 6) is -2.16. The van der Waals surface area contributed by atoms with Crippen LogP contribution >= 0.6 is 0 Å². The number of carbonyl (C=O) groups excluding carboxylic acids is 2. The van der Waals surface area contributed by atoms with E-state index in [1.54, 1.807) is 43.3 Å². The molecule has 5 nitrogen and oxygen atoms in total. The van der Waals surface area contributed by atoms with Crippen LogP contribution in [0.5, 0.6) is 0 Å². The SMILES string of the molecule is Cc1cccc(N2C(=O)c3ccccc3C2=O)c1C(=O)O. The molecule has 0 atom stereocenters. The molecule has 3 rings (SSSR count). The summed E-state index contributed by atoms with van der Waals surface area (Å²) in [6, 6.07) is 11.2. The number of hydrogen-bond donors (Lipinski definition) is 1. The number of carbonyl (C=O) groups is 3. The van der Waals surface area contributed by atoms with Crippen LogP contribution in [0.1, 0.15) is 36.6 Å². The lowest BCUT2D eigenvalue weighted by Gasteiger charge is -2.17. The van der Waals surface area contributed by atoms with Crippen LogP contribution in [0.15, 0.2) is 42.5 Å². The molecule has 0 radical (unpaired) electrons. The van der Waals surface area contributed by atoms with Gasteiger partial charge in [-0.05, 0) is 30.7 Å². The fourth-order valence-corrected chi connectivity index (χ4v) is 2.52. The molecule has 1 heterocycles. The third kappa shape index (κ3) is 1.82. The van der Waals surface area contributed by atoms with Gasteiger partial charge in [0.15, 0.2) is 0 Å². The second-order valence-electron chi connectivity index (χ2n) is 4.77. The Balaban J connectivity index is 2.21. The quantitative estimate of drug-likeness (QED) is 0.858. The number of rotatable bonds is 2. The standard InChI is InChI=1S/C16H11NO4/c1-9-5-4-8-12(13(9)16(20)21)17-14(18)10-6-2-3-7-11(10)15(17)19/h2-8H,1H3,(H,20,21). The molecule has 104 valence electrons. The first-order chi connectivity index (χ1) is 10.0. The van der Waals surface area contributed by atoms with E-state index in [1.807, 2.05) is 0 Å². The largest absolute Gasteiger partial charge is 0.478 e. The van der Waals surface area contributed by atoms with E-state index in [-0.39, 0.29) is 11.3 Å². The molecule has 2 aromatic carbocycles. The molecule has 0 saturated heterocycles. The Hall–Kier alpha value is -2.95. The Labute approximate surface area is 120 Å². The molecule has 0 fully saturated rings. The van der Waals surface area contributed by atoms with E-state index >= 15 is 0 Å². The fraction of sp³-hybridized carbons (Fsp3) is 0.0625. The number of amides is 2. The van der Waals surface area contributed by atoms with Gasteiger partial charge in [0.25, 0.3) is 11.8 Å². The van der Waals surface area contributed by atoms with Crippen molar-refractivity contribution in [3.8, 4) is 0 Å². The van der Waals surface area contributed by atoms with E-state index in [2.05, 4.69) is 0 Å². The number of imide groups is 1. The van der Waals surface area contributed by atoms with Gasteiger partial charge >= 0.3 is 5.97 Å². The summed E-state index contributed by atoms with van der Waals surface area (Å²) in [5, 5.41) is 9.35. The second kappa shape index (κ2) is 4.56. The highest BCUT2D eigenvalue weighted by molar-refractivity contribution is 6.35. The van der Waals surface area contributed by atoms with Gasteiger partial charge in [0.1, 0.15) is 0 Å². The fourth-order valence-electron chi connectivity index (χ4n) is 2.52. The number of aryl methyl sites for hydroxylation is 1. The molecule has 2 amide bonds. The van der Waals surface area contributed by atoms with Crippen molar-refractivity contribution < 1.29 is 19.5 Å². The first-order valence-electron chi connectivity index (χ1n) is 6.33. The first-order valence-corrected chi connectivity index (χ1v) is 6.33. The average molecular weight is 281 g/mol. The molecule has 0 aliphatic carbocycles. The number of carboxylic acid groups (broad SMARTS) is 1. The van der Waals surface area contributed by atoms with E-state index in [9.17, 15) is 19.5 Å². The lowest BCUT2D eigenvalue weighted by atomic mass is 10.1. The van der Waals surface area contributed by atoms with Gasteiger partial charge in [-0.3, -0.25) is 9.59 Å². The van der Waals surface area contributed by atoms with E-state index in [0.29, 0.717) is 16.7 Å². The Kier molecular flexibility index (Phi) is 2.83. The highest BCUT2D eigenvalue weighted by Gasteiger charge is 2.38. The maximum absolute atomic E-state index is 12.4. The molecule has 5 heteroatoms. The third-order valence-corrected chi connectivity index (χ3v) is 3.50. The first kappa shape index (κ1) is 13.1. The van der Waals surface area contributed by atoms with Crippen LogP contribution in [-0.2, 0) is 0 Å². The summed E-state index contributed by atoms with van der Waals surface area (Å²) in [5.41, 5.74) is 1.15. The van der Waals surface area contributed by atoms with Crippen molar-refractivity contribution in [2.45, 2.75) is 6.92 Å². The van der Waals surface area contributed by atoms with E-state index in [0.717, 1.165) is 4.90 Å². The van der Waals surface area contributed by atoms with Gasteiger partial charge in [-0.1, -0.05) is 24.3 Å². The number of nitrogens with zero attached hydrogens (tertiary/aromatic N) is 1. The maximum Gasteiger partial charge on any atom is 0.338 e. The molecule has 1 aliphatic rings. The Morgan fingerprint density at radius 1 is 0.952 bits per heavy atom. The number of aromatic carboxylic acids is 1. The van der Waals surface area contributed by atoms with Crippen molar-refractivity contribution in [2.24, 2.45) is 0 Å². The Morgan fingerprint density at radius 2 is 1.52 bits per heavy atom. The molecule has 0 unspecified atom stereocenters. The minimum absolute atomic E-state index is 0.0352. The monoisotopic (exact) mass is 281 g/mol. The van der Waals surface area contributed by atoms with Gasteiger partial charge in [0.05, 0.1) is 22.4 Å². The summed E-state index contributed by atoms with van der Waals surface area (Å²) >= 11 is 0. The molecule has 0 spiro atoms. The Morgan fingerprint density at radius 3 is 2.05 bits per heavy atom. The van der Waals surface area contributed by atoms with Crippen molar-refractivity contribution in [2.75, 3.05) is 4.90 Å². The highest BCUT2D eigenvalue weighted by atomic mass is 16.4. The second-order valence-corrected chi connectivity index (χ2v) is 4.77. The zero-order valence-corrected chi connectivity index (χ0v) is 11.2. The normalized spacial score (nSPS) is 13.5. The summed E-state index contributed by atoms with van der Waals surface area (Å²) in [6.45, 7) is 1.63. The van der Waals surface area contributed by atoms with Crippen molar-refractivity contribution in [3.05, 3.63) is 64.7 Å². The van der Waals surface area contributed by atoms with Gasteiger partial charge < -0.3 is 5.11 Å². The lowest BCUT2D eigenvalue weighted by Crippen LogP contribution is -2.31. The van der Waals surface area contributed by atoms with Crippen LogP contribution < -0.4 is 4.90 Å². The van der Waals surface area contributed by atoms with Crippen molar-refractivity contribution in [3.63, 3.8) is 0 Å². The average Bonchev–Trinajstić information content (AvgIpc) is 2.71. The number of carboxylic acids is 1.